The first-order chi connectivity index (χ1) is 6.50. The second kappa shape index (κ2) is 4.45. The number of hydrogen-bond donors (Lipinski definition) is 0. The maximum absolute atomic E-state index is 11.1. The summed E-state index contributed by atoms with van der Waals surface area (Å²) in [5.74, 6) is 2.73. The molecule has 0 aliphatic rings. The van der Waals surface area contributed by atoms with Crippen LogP contribution in [-0.2, 0) is 4.79 Å². The first kappa shape index (κ1) is 11.0. The van der Waals surface area contributed by atoms with Crippen molar-refractivity contribution in [1.82, 2.24) is 0 Å². The van der Waals surface area contributed by atoms with Gasteiger partial charge in [-0.1, -0.05) is 13.8 Å². The SMILES string of the molecule is CC(=O)CC(c1ccc(C)o1)C(C)C. The number of ketones is 1. The molecule has 1 atom stereocenters. The number of Topliss-reactive ketones (excluding diaryl/α,β-unsaturated/α-hetero) is 1. The van der Waals surface area contributed by atoms with Gasteiger partial charge < -0.3 is 9.21 Å². The predicted octanol–water partition coefficient (Wildman–Crippen LogP) is 3.31. The summed E-state index contributed by atoms with van der Waals surface area (Å²) in [6, 6.07) is 3.92. The monoisotopic (exact) mass is 194 g/mol. The average molecular weight is 194 g/mol. The van der Waals surface area contributed by atoms with Gasteiger partial charge in [-0.05, 0) is 31.9 Å². The highest BCUT2D eigenvalue weighted by Gasteiger charge is 2.20. The molecular weight excluding hydrogens is 176 g/mol. The van der Waals surface area contributed by atoms with E-state index in [4.69, 9.17) is 4.42 Å². The maximum atomic E-state index is 11.1. The first-order valence-electron chi connectivity index (χ1n) is 5.06. The van der Waals surface area contributed by atoms with Crippen LogP contribution in [0.5, 0.6) is 0 Å². The van der Waals surface area contributed by atoms with Crippen molar-refractivity contribution < 1.29 is 9.21 Å². The van der Waals surface area contributed by atoms with Crippen molar-refractivity contribution >= 4 is 5.78 Å². The Labute approximate surface area is 85.3 Å². The molecule has 0 aliphatic heterocycles. The second-order valence-corrected chi connectivity index (χ2v) is 4.21. The second-order valence-electron chi connectivity index (χ2n) is 4.21. The molecule has 0 aliphatic carbocycles. The van der Waals surface area contributed by atoms with E-state index in [1.54, 1.807) is 6.92 Å². The lowest BCUT2D eigenvalue weighted by Crippen LogP contribution is -2.09. The van der Waals surface area contributed by atoms with Crippen LogP contribution >= 0.6 is 0 Å². The lowest BCUT2D eigenvalue weighted by molar-refractivity contribution is -0.117. The Balaban J connectivity index is 2.82. The fraction of sp³-hybridized carbons (Fsp3) is 0.583. The summed E-state index contributed by atoms with van der Waals surface area (Å²) in [4.78, 5) is 11.1. The Morgan fingerprint density at radius 3 is 2.43 bits per heavy atom. The summed E-state index contributed by atoms with van der Waals surface area (Å²) in [6.45, 7) is 7.79. The molecule has 0 N–H and O–H groups in total. The van der Waals surface area contributed by atoms with Crippen molar-refractivity contribution in [3.63, 3.8) is 0 Å². The van der Waals surface area contributed by atoms with E-state index in [1.165, 1.54) is 0 Å². The predicted molar refractivity (Wildman–Crippen MR) is 56.3 cm³/mol. The number of furan rings is 1. The number of carbonyl (C=O) groups is 1. The van der Waals surface area contributed by atoms with Gasteiger partial charge in [-0.15, -0.1) is 0 Å². The Bertz CT molecular complexity index is 310. The number of rotatable bonds is 4. The molecule has 0 saturated heterocycles. The van der Waals surface area contributed by atoms with E-state index in [9.17, 15) is 4.79 Å². The van der Waals surface area contributed by atoms with Crippen LogP contribution in [-0.4, -0.2) is 5.78 Å². The van der Waals surface area contributed by atoms with Gasteiger partial charge in [0, 0.05) is 12.3 Å². The van der Waals surface area contributed by atoms with Gasteiger partial charge in [0.25, 0.3) is 0 Å². The van der Waals surface area contributed by atoms with Gasteiger partial charge in [-0.25, -0.2) is 0 Å². The molecule has 1 rings (SSSR count). The van der Waals surface area contributed by atoms with Gasteiger partial charge in [0.05, 0.1) is 0 Å². The van der Waals surface area contributed by atoms with Crippen molar-refractivity contribution in [2.75, 3.05) is 0 Å². The summed E-state index contributed by atoms with van der Waals surface area (Å²) >= 11 is 0. The van der Waals surface area contributed by atoms with E-state index in [1.807, 2.05) is 19.1 Å². The molecule has 0 fully saturated rings. The van der Waals surface area contributed by atoms with E-state index in [0.717, 1.165) is 11.5 Å². The molecule has 14 heavy (non-hydrogen) atoms. The third kappa shape index (κ3) is 2.72. The quantitative estimate of drug-likeness (QED) is 0.736. The fourth-order valence-corrected chi connectivity index (χ4v) is 1.63. The molecule has 0 saturated carbocycles. The topological polar surface area (TPSA) is 30.2 Å². The molecule has 0 spiro atoms. The van der Waals surface area contributed by atoms with E-state index < -0.39 is 0 Å². The lowest BCUT2D eigenvalue weighted by atomic mass is 9.89. The zero-order valence-electron chi connectivity index (χ0n) is 9.33. The molecule has 1 aromatic rings. The van der Waals surface area contributed by atoms with Crippen LogP contribution in [0.1, 0.15) is 44.6 Å². The molecule has 1 heterocycles. The Hall–Kier alpha value is -1.05. The number of aryl methyl sites for hydroxylation is 1. The molecular formula is C12H18O2. The zero-order valence-corrected chi connectivity index (χ0v) is 9.33. The minimum Gasteiger partial charge on any atom is -0.466 e. The summed E-state index contributed by atoms with van der Waals surface area (Å²) in [5, 5.41) is 0. The van der Waals surface area contributed by atoms with Gasteiger partial charge >= 0.3 is 0 Å². The molecule has 1 aromatic heterocycles. The average Bonchev–Trinajstić information content (AvgIpc) is 2.46. The van der Waals surface area contributed by atoms with Crippen molar-refractivity contribution in [3.05, 3.63) is 23.7 Å². The van der Waals surface area contributed by atoms with Gasteiger partial charge in [-0.2, -0.15) is 0 Å². The van der Waals surface area contributed by atoms with Gasteiger partial charge in [0.15, 0.2) is 0 Å². The van der Waals surface area contributed by atoms with Crippen LogP contribution in [0.15, 0.2) is 16.5 Å². The Kier molecular flexibility index (Phi) is 3.50. The largest absolute Gasteiger partial charge is 0.466 e. The van der Waals surface area contributed by atoms with E-state index in [-0.39, 0.29) is 11.7 Å². The third-order valence-electron chi connectivity index (χ3n) is 2.44. The standard InChI is InChI=1S/C12H18O2/c1-8(2)11(7-9(3)13)12-6-5-10(4)14-12/h5-6,8,11H,7H2,1-4H3. The Morgan fingerprint density at radius 1 is 1.43 bits per heavy atom. The number of hydrogen-bond acceptors (Lipinski definition) is 2. The minimum absolute atomic E-state index is 0.220. The highest BCUT2D eigenvalue weighted by Crippen LogP contribution is 2.29. The molecule has 0 radical (unpaired) electrons. The molecule has 0 amide bonds. The van der Waals surface area contributed by atoms with Crippen LogP contribution in [0.4, 0.5) is 0 Å². The van der Waals surface area contributed by atoms with E-state index in [2.05, 4.69) is 13.8 Å². The Morgan fingerprint density at radius 2 is 2.07 bits per heavy atom. The lowest BCUT2D eigenvalue weighted by Gasteiger charge is -2.16. The first-order valence-corrected chi connectivity index (χ1v) is 5.06. The smallest absolute Gasteiger partial charge is 0.130 e. The summed E-state index contributed by atoms with van der Waals surface area (Å²) in [7, 11) is 0. The van der Waals surface area contributed by atoms with Gasteiger partial charge in [-0.3, -0.25) is 0 Å². The number of carbonyl (C=O) groups excluding carboxylic acids is 1. The summed E-state index contributed by atoms with van der Waals surface area (Å²) < 4.78 is 5.56. The third-order valence-corrected chi connectivity index (χ3v) is 2.44. The molecule has 78 valence electrons. The highest BCUT2D eigenvalue weighted by atomic mass is 16.3. The van der Waals surface area contributed by atoms with E-state index >= 15 is 0 Å². The van der Waals surface area contributed by atoms with Crippen LogP contribution in [0, 0.1) is 12.8 Å². The van der Waals surface area contributed by atoms with Crippen molar-refractivity contribution in [2.24, 2.45) is 5.92 Å². The van der Waals surface area contributed by atoms with Crippen molar-refractivity contribution in [2.45, 2.75) is 40.0 Å². The van der Waals surface area contributed by atoms with Gasteiger partial charge in [0.2, 0.25) is 0 Å². The highest BCUT2D eigenvalue weighted by molar-refractivity contribution is 5.76. The molecule has 2 nitrogen and oxygen atoms in total. The minimum atomic E-state index is 0.220. The summed E-state index contributed by atoms with van der Waals surface area (Å²) in [6.07, 6.45) is 0.574. The van der Waals surface area contributed by atoms with Crippen LogP contribution < -0.4 is 0 Å². The van der Waals surface area contributed by atoms with Crippen molar-refractivity contribution in [3.8, 4) is 0 Å². The van der Waals surface area contributed by atoms with Crippen molar-refractivity contribution in [1.29, 1.82) is 0 Å². The normalized spacial score (nSPS) is 13.2. The molecule has 2 heteroatoms. The molecule has 1 unspecified atom stereocenters. The molecule has 0 bridgehead atoms. The maximum Gasteiger partial charge on any atom is 0.130 e. The van der Waals surface area contributed by atoms with Crippen LogP contribution in [0.25, 0.3) is 0 Å². The molecule has 0 aromatic carbocycles. The zero-order chi connectivity index (χ0) is 10.7. The van der Waals surface area contributed by atoms with Gasteiger partial charge in [0.1, 0.15) is 17.3 Å². The van der Waals surface area contributed by atoms with E-state index in [0.29, 0.717) is 12.3 Å². The van der Waals surface area contributed by atoms with Crippen LogP contribution in [0.3, 0.4) is 0 Å². The van der Waals surface area contributed by atoms with Crippen LogP contribution in [0.2, 0.25) is 0 Å². The summed E-state index contributed by atoms with van der Waals surface area (Å²) in [5.41, 5.74) is 0. The fourth-order valence-electron chi connectivity index (χ4n) is 1.63.